The number of carbonyl (C=O) groups is 1. The Bertz CT molecular complexity index is 867. The van der Waals surface area contributed by atoms with Gasteiger partial charge in [-0.3, -0.25) is 9.78 Å². The van der Waals surface area contributed by atoms with Crippen LogP contribution in [-0.2, 0) is 6.54 Å². The molecule has 2 aromatic heterocycles. The molecule has 1 amide bonds. The lowest BCUT2D eigenvalue weighted by atomic mass is 10.1. The number of pyridine rings is 1. The van der Waals surface area contributed by atoms with E-state index in [9.17, 15) is 4.79 Å². The zero-order chi connectivity index (χ0) is 17.2. The fourth-order valence-electron chi connectivity index (χ4n) is 2.82. The Morgan fingerprint density at radius 1 is 1.16 bits per heavy atom. The van der Waals surface area contributed by atoms with E-state index in [1.54, 1.807) is 18.5 Å². The number of hydrogen-bond acceptors (Lipinski definition) is 4. The highest BCUT2D eigenvalue weighted by Gasteiger charge is 2.34. The van der Waals surface area contributed by atoms with E-state index in [0.717, 1.165) is 24.0 Å². The van der Waals surface area contributed by atoms with E-state index in [2.05, 4.69) is 10.1 Å². The van der Waals surface area contributed by atoms with Crippen molar-refractivity contribution < 1.29 is 9.32 Å². The fraction of sp³-hybridized carbons (Fsp3) is 0.250. The summed E-state index contributed by atoms with van der Waals surface area (Å²) in [5, 5.41) is 4.07. The second-order valence-corrected chi connectivity index (χ2v) is 6.46. The van der Waals surface area contributed by atoms with E-state index in [1.807, 2.05) is 48.2 Å². The summed E-state index contributed by atoms with van der Waals surface area (Å²) in [6.07, 6.45) is 5.56. The van der Waals surface area contributed by atoms with Crippen LogP contribution >= 0.6 is 0 Å². The molecule has 0 aliphatic heterocycles. The number of hydrogen-bond donors (Lipinski definition) is 0. The van der Waals surface area contributed by atoms with Gasteiger partial charge in [-0.2, -0.15) is 0 Å². The molecule has 0 radical (unpaired) electrons. The first kappa shape index (κ1) is 15.6. The van der Waals surface area contributed by atoms with E-state index >= 15 is 0 Å². The molecule has 1 aliphatic rings. The summed E-state index contributed by atoms with van der Waals surface area (Å²) in [6.45, 7) is 2.60. The van der Waals surface area contributed by atoms with Crippen LogP contribution in [0.2, 0.25) is 0 Å². The summed E-state index contributed by atoms with van der Waals surface area (Å²) >= 11 is 0. The highest BCUT2D eigenvalue weighted by molar-refractivity contribution is 5.92. The molecule has 0 atom stereocenters. The van der Waals surface area contributed by atoms with Gasteiger partial charge in [-0.25, -0.2) is 0 Å². The topological polar surface area (TPSA) is 59.2 Å². The van der Waals surface area contributed by atoms with Gasteiger partial charge < -0.3 is 9.42 Å². The Morgan fingerprint density at radius 3 is 2.56 bits per heavy atom. The van der Waals surface area contributed by atoms with Crippen molar-refractivity contribution in [3.8, 4) is 11.3 Å². The second kappa shape index (κ2) is 6.51. The van der Waals surface area contributed by atoms with Crippen LogP contribution in [0.25, 0.3) is 11.3 Å². The quantitative estimate of drug-likeness (QED) is 0.711. The molecule has 1 aromatic carbocycles. The molecule has 3 aromatic rings. The first-order valence-corrected chi connectivity index (χ1v) is 8.44. The zero-order valence-electron chi connectivity index (χ0n) is 14.1. The molecule has 5 heteroatoms. The van der Waals surface area contributed by atoms with Crippen molar-refractivity contribution in [3.05, 3.63) is 71.7 Å². The molecule has 2 heterocycles. The third-order valence-electron chi connectivity index (χ3n) is 4.42. The SMILES string of the molecule is Cc1ccc(-c2cc(C(=O)N(Cc3ccncc3)C3CC3)on2)cc1. The molecule has 0 unspecified atom stereocenters. The molecule has 0 bridgehead atoms. The van der Waals surface area contributed by atoms with Gasteiger partial charge in [0.2, 0.25) is 5.76 Å². The van der Waals surface area contributed by atoms with Gasteiger partial charge in [-0.1, -0.05) is 35.0 Å². The van der Waals surface area contributed by atoms with Gasteiger partial charge in [0.1, 0.15) is 5.69 Å². The molecule has 0 spiro atoms. The van der Waals surface area contributed by atoms with Crippen molar-refractivity contribution in [3.63, 3.8) is 0 Å². The summed E-state index contributed by atoms with van der Waals surface area (Å²) in [6, 6.07) is 13.9. The molecule has 25 heavy (non-hydrogen) atoms. The Hall–Kier alpha value is -2.95. The Morgan fingerprint density at radius 2 is 1.88 bits per heavy atom. The maximum Gasteiger partial charge on any atom is 0.293 e. The van der Waals surface area contributed by atoms with Crippen molar-refractivity contribution in [1.29, 1.82) is 0 Å². The third-order valence-corrected chi connectivity index (χ3v) is 4.42. The molecule has 126 valence electrons. The summed E-state index contributed by atoms with van der Waals surface area (Å²) in [7, 11) is 0. The van der Waals surface area contributed by atoms with Crippen molar-refractivity contribution >= 4 is 5.91 Å². The second-order valence-electron chi connectivity index (χ2n) is 6.46. The summed E-state index contributed by atoms with van der Waals surface area (Å²) in [5.41, 5.74) is 3.87. The summed E-state index contributed by atoms with van der Waals surface area (Å²) in [4.78, 5) is 18.8. The minimum atomic E-state index is -0.106. The molecular weight excluding hydrogens is 314 g/mol. The van der Waals surface area contributed by atoms with Crippen molar-refractivity contribution in [2.24, 2.45) is 0 Å². The lowest BCUT2D eigenvalue weighted by Gasteiger charge is -2.20. The standard InChI is InChI=1S/C20H19N3O2/c1-14-2-4-16(5-3-14)18-12-19(25-22-18)20(24)23(17-6-7-17)13-15-8-10-21-11-9-15/h2-5,8-12,17H,6-7,13H2,1H3. The first-order chi connectivity index (χ1) is 12.2. The van der Waals surface area contributed by atoms with Gasteiger partial charge in [-0.15, -0.1) is 0 Å². The molecule has 4 rings (SSSR count). The van der Waals surface area contributed by atoms with E-state index in [1.165, 1.54) is 5.56 Å². The minimum absolute atomic E-state index is 0.106. The van der Waals surface area contributed by atoms with Crippen LogP contribution < -0.4 is 0 Å². The molecule has 0 N–H and O–H groups in total. The van der Waals surface area contributed by atoms with Crippen molar-refractivity contribution in [1.82, 2.24) is 15.0 Å². The lowest BCUT2D eigenvalue weighted by Crippen LogP contribution is -2.32. The number of benzene rings is 1. The van der Waals surface area contributed by atoms with Crippen LogP contribution in [0.3, 0.4) is 0 Å². The molecular formula is C20H19N3O2. The number of nitrogens with zero attached hydrogens (tertiary/aromatic N) is 3. The number of aryl methyl sites for hydroxylation is 1. The van der Waals surface area contributed by atoms with E-state index in [4.69, 9.17) is 4.52 Å². The van der Waals surface area contributed by atoms with Gasteiger partial charge in [0.15, 0.2) is 0 Å². The number of aromatic nitrogens is 2. The van der Waals surface area contributed by atoms with Crippen molar-refractivity contribution in [2.45, 2.75) is 32.4 Å². The highest BCUT2D eigenvalue weighted by atomic mass is 16.5. The van der Waals surface area contributed by atoms with Gasteiger partial charge in [-0.05, 0) is 37.5 Å². The average Bonchev–Trinajstić information content (AvgIpc) is 3.37. The van der Waals surface area contributed by atoms with E-state index in [0.29, 0.717) is 12.2 Å². The van der Waals surface area contributed by atoms with Crippen LogP contribution in [0.4, 0.5) is 0 Å². The van der Waals surface area contributed by atoms with Gasteiger partial charge in [0.05, 0.1) is 0 Å². The first-order valence-electron chi connectivity index (χ1n) is 8.44. The largest absolute Gasteiger partial charge is 0.350 e. The van der Waals surface area contributed by atoms with Crippen LogP contribution in [0.5, 0.6) is 0 Å². The van der Waals surface area contributed by atoms with Crippen LogP contribution in [0.1, 0.15) is 34.5 Å². The predicted octanol–water partition coefficient (Wildman–Crippen LogP) is 3.85. The van der Waals surface area contributed by atoms with E-state index < -0.39 is 0 Å². The normalized spacial score (nSPS) is 13.6. The van der Waals surface area contributed by atoms with Crippen LogP contribution in [0.15, 0.2) is 59.4 Å². The van der Waals surface area contributed by atoms with Gasteiger partial charge >= 0.3 is 0 Å². The van der Waals surface area contributed by atoms with Crippen molar-refractivity contribution in [2.75, 3.05) is 0 Å². The summed E-state index contributed by atoms with van der Waals surface area (Å²) < 4.78 is 5.35. The smallest absolute Gasteiger partial charge is 0.293 e. The molecule has 5 nitrogen and oxygen atoms in total. The predicted molar refractivity (Wildman–Crippen MR) is 93.8 cm³/mol. The maximum absolute atomic E-state index is 12.9. The average molecular weight is 333 g/mol. The highest BCUT2D eigenvalue weighted by Crippen LogP contribution is 2.30. The minimum Gasteiger partial charge on any atom is -0.350 e. The number of rotatable bonds is 5. The molecule has 1 fully saturated rings. The zero-order valence-corrected chi connectivity index (χ0v) is 14.1. The number of amides is 1. The third kappa shape index (κ3) is 3.45. The Balaban J connectivity index is 1.55. The summed E-state index contributed by atoms with van der Waals surface area (Å²) in [5.74, 6) is 0.182. The molecule has 0 saturated heterocycles. The molecule has 1 saturated carbocycles. The Kier molecular flexibility index (Phi) is 4.06. The number of carbonyl (C=O) groups excluding carboxylic acids is 1. The van der Waals surface area contributed by atoms with Gasteiger partial charge in [0, 0.05) is 36.6 Å². The van der Waals surface area contributed by atoms with Gasteiger partial charge in [0.25, 0.3) is 5.91 Å². The van der Waals surface area contributed by atoms with Crippen LogP contribution in [-0.4, -0.2) is 27.0 Å². The monoisotopic (exact) mass is 333 g/mol. The lowest BCUT2D eigenvalue weighted by molar-refractivity contribution is 0.0687. The maximum atomic E-state index is 12.9. The molecule has 1 aliphatic carbocycles. The Labute approximate surface area is 146 Å². The van der Waals surface area contributed by atoms with E-state index in [-0.39, 0.29) is 17.7 Å². The fourth-order valence-corrected chi connectivity index (χ4v) is 2.82. The van der Waals surface area contributed by atoms with Crippen LogP contribution in [0, 0.1) is 6.92 Å².